The smallest absolute Gasteiger partial charge is 0.302 e. The summed E-state index contributed by atoms with van der Waals surface area (Å²) in [6, 6.07) is 4.63. The van der Waals surface area contributed by atoms with E-state index in [-0.39, 0.29) is 16.9 Å². The molecule has 1 amide bonds. The molecule has 6 N–H and O–H groups in total. The molecule has 1 aromatic rings. The molecule has 0 heterocycles. The number of aliphatic hydroxyl groups excluding tert-OH is 2. The minimum Gasteiger partial charge on any atom is -0.507 e. The molecular weight excluding hydrogens is 490 g/mol. The Morgan fingerprint density at radius 2 is 1.94 bits per heavy atom. The molecule has 3 aliphatic rings. The number of ether oxygens (including phenoxy) is 1. The molecule has 194 valence electrons. The van der Waals surface area contributed by atoms with Crippen LogP contribution in [0.2, 0.25) is 0 Å². The zero-order valence-corrected chi connectivity index (χ0v) is 20.7. The number of amides is 1. The molecule has 0 bridgehead atoms. The van der Waals surface area contributed by atoms with Gasteiger partial charge in [-0.2, -0.15) is 11.8 Å². The number of carbonyl (C=O) groups is 4. The Hall–Kier alpha value is -2.89. The van der Waals surface area contributed by atoms with Gasteiger partial charge in [-0.05, 0) is 30.2 Å². The molecule has 1 aromatic carbocycles. The van der Waals surface area contributed by atoms with E-state index in [4.69, 9.17) is 10.5 Å². The molecule has 7 atom stereocenters. The van der Waals surface area contributed by atoms with Gasteiger partial charge in [-0.25, -0.2) is 0 Å². The Balaban J connectivity index is 1.98. The van der Waals surface area contributed by atoms with Gasteiger partial charge in [0.1, 0.15) is 23.5 Å². The summed E-state index contributed by atoms with van der Waals surface area (Å²) >= 11 is 1.56. The Morgan fingerprint density at radius 3 is 2.56 bits per heavy atom. The lowest BCUT2D eigenvalue weighted by atomic mass is 9.53. The van der Waals surface area contributed by atoms with E-state index in [0.29, 0.717) is 11.3 Å². The van der Waals surface area contributed by atoms with Crippen molar-refractivity contribution in [2.75, 3.05) is 11.5 Å². The van der Waals surface area contributed by atoms with Crippen molar-refractivity contribution in [3.63, 3.8) is 0 Å². The second-order valence-electron chi connectivity index (χ2n) is 9.53. The molecular formula is C25H29NO9S. The third kappa shape index (κ3) is 3.80. The van der Waals surface area contributed by atoms with Gasteiger partial charge in [0.05, 0.1) is 11.7 Å². The molecule has 0 aliphatic heterocycles. The summed E-state index contributed by atoms with van der Waals surface area (Å²) in [7, 11) is 0. The van der Waals surface area contributed by atoms with Crippen LogP contribution in [0.25, 0.3) is 5.76 Å². The molecule has 3 aliphatic carbocycles. The molecule has 2 fully saturated rings. The molecule has 0 aromatic heterocycles. The number of ketones is 2. The van der Waals surface area contributed by atoms with Crippen LogP contribution in [0.15, 0.2) is 23.8 Å². The number of phenolic OH excluding ortho intramolecular Hbond substituents is 1. The largest absolute Gasteiger partial charge is 0.507 e. The Kier molecular flexibility index (Phi) is 6.93. The third-order valence-electron chi connectivity index (χ3n) is 7.40. The lowest BCUT2D eigenvalue weighted by Gasteiger charge is -2.53. The van der Waals surface area contributed by atoms with Crippen molar-refractivity contribution in [2.45, 2.75) is 50.4 Å². The summed E-state index contributed by atoms with van der Waals surface area (Å²) < 4.78 is 5.62. The number of thioether (sulfide) groups is 1. The van der Waals surface area contributed by atoms with Crippen LogP contribution in [0, 0.1) is 17.8 Å². The maximum absolute atomic E-state index is 13.9. The molecule has 4 rings (SSSR count). The maximum atomic E-state index is 13.9. The van der Waals surface area contributed by atoms with E-state index in [1.165, 1.54) is 6.07 Å². The normalized spacial score (nSPS) is 33.4. The molecule has 2 unspecified atom stereocenters. The first-order valence-corrected chi connectivity index (χ1v) is 12.9. The number of aliphatic hydroxyl groups is 3. The standard InChI is InChI=1S/C25H29NO9S/c1-3-7-36-9-12-11-5-4-6-14(28)16(11)20(30)19-17(12)21(35-10(2)27)13-8-15(29)18(24(26)33)22(31)25(13,34)23(19)32/h4-6,12-13,15,17-18,21,28-30,34H,3,7-9H2,1-2H3,(H2,26,33)/t12-,13+,15?,17+,18?,21+,25+/m0/s1. The first-order valence-electron chi connectivity index (χ1n) is 11.8. The number of primary amides is 1. The van der Waals surface area contributed by atoms with Gasteiger partial charge in [0.25, 0.3) is 0 Å². The SMILES string of the molecule is CCCSC[C@H]1c2cccc(O)c2C(O)=C2C(=O)[C@]3(O)C(=O)C(C(N)=O)C(O)C[C@@H]3[C@@H](OC(C)=O)[C@@H]21. The summed E-state index contributed by atoms with van der Waals surface area (Å²) in [6.07, 6.45) is -2.44. The van der Waals surface area contributed by atoms with Crippen LogP contribution in [0.4, 0.5) is 0 Å². The quantitative estimate of drug-likeness (QED) is 0.205. The van der Waals surface area contributed by atoms with Gasteiger partial charge in [0.2, 0.25) is 11.7 Å². The predicted octanol–water partition coefficient (Wildman–Crippen LogP) is 0.815. The van der Waals surface area contributed by atoms with E-state index in [1.54, 1.807) is 23.9 Å². The Bertz CT molecular complexity index is 1160. The minimum atomic E-state index is -2.87. The molecule has 2 saturated carbocycles. The van der Waals surface area contributed by atoms with Crippen LogP contribution < -0.4 is 5.73 Å². The third-order valence-corrected chi connectivity index (χ3v) is 8.70. The Morgan fingerprint density at radius 1 is 1.25 bits per heavy atom. The van der Waals surface area contributed by atoms with Gasteiger partial charge in [-0.1, -0.05) is 19.1 Å². The minimum absolute atomic E-state index is 0.00225. The average Bonchev–Trinajstić information content (AvgIpc) is 2.79. The van der Waals surface area contributed by atoms with Gasteiger partial charge >= 0.3 is 5.97 Å². The van der Waals surface area contributed by atoms with Gasteiger partial charge < -0.3 is 30.9 Å². The van der Waals surface area contributed by atoms with E-state index >= 15 is 0 Å². The number of hydrogen-bond donors (Lipinski definition) is 5. The molecule has 11 heteroatoms. The lowest BCUT2D eigenvalue weighted by Crippen LogP contribution is -2.71. The fraction of sp³-hybridized carbons (Fsp3) is 0.520. The molecule has 10 nitrogen and oxygen atoms in total. The van der Waals surface area contributed by atoms with Gasteiger partial charge in [-0.15, -0.1) is 0 Å². The zero-order chi connectivity index (χ0) is 26.5. The predicted molar refractivity (Wildman–Crippen MR) is 129 cm³/mol. The number of hydrogen-bond acceptors (Lipinski definition) is 10. The summed E-state index contributed by atoms with van der Waals surface area (Å²) in [4.78, 5) is 51.4. The fourth-order valence-corrected chi connectivity index (χ4v) is 7.04. The number of phenols is 1. The lowest BCUT2D eigenvalue weighted by molar-refractivity contribution is -0.194. The summed E-state index contributed by atoms with van der Waals surface area (Å²) in [5.74, 6) is -8.92. The number of fused-ring (bicyclic) bond motifs is 3. The summed E-state index contributed by atoms with van der Waals surface area (Å²) in [5.41, 5.74) is 2.59. The van der Waals surface area contributed by atoms with Crippen molar-refractivity contribution in [3.8, 4) is 5.75 Å². The second kappa shape index (κ2) is 9.53. The first kappa shape index (κ1) is 26.2. The first-order chi connectivity index (χ1) is 17.0. The number of Topliss-reactive ketones (excluding diaryl/α,β-unsaturated/α-hetero) is 2. The van der Waals surface area contributed by atoms with E-state index < -0.39 is 77.1 Å². The van der Waals surface area contributed by atoms with Crippen molar-refractivity contribution < 1.29 is 44.3 Å². The maximum Gasteiger partial charge on any atom is 0.302 e. The highest BCUT2D eigenvalue weighted by Crippen LogP contribution is 2.56. The van der Waals surface area contributed by atoms with Crippen LogP contribution in [-0.2, 0) is 23.9 Å². The van der Waals surface area contributed by atoms with E-state index in [2.05, 4.69) is 0 Å². The number of benzene rings is 1. The van der Waals surface area contributed by atoms with Crippen molar-refractivity contribution in [1.29, 1.82) is 0 Å². The van der Waals surface area contributed by atoms with Crippen LogP contribution in [-0.4, -0.2) is 73.2 Å². The van der Waals surface area contributed by atoms with E-state index in [1.807, 2.05) is 6.92 Å². The van der Waals surface area contributed by atoms with Crippen LogP contribution >= 0.6 is 11.8 Å². The van der Waals surface area contributed by atoms with Crippen molar-refractivity contribution in [2.24, 2.45) is 23.5 Å². The number of carbonyl (C=O) groups excluding carboxylic acids is 4. The van der Waals surface area contributed by atoms with Crippen LogP contribution in [0.3, 0.4) is 0 Å². The molecule has 0 saturated heterocycles. The van der Waals surface area contributed by atoms with Gasteiger partial charge in [0, 0.05) is 36.0 Å². The van der Waals surface area contributed by atoms with Crippen LogP contribution in [0.1, 0.15) is 43.7 Å². The van der Waals surface area contributed by atoms with Gasteiger partial charge in [0.15, 0.2) is 11.4 Å². The summed E-state index contributed by atoms with van der Waals surface area (Å²) in [5, 5.41) is 44.0. The average molecular weight is 520 g/mol. The highest BCUT2D eigenvalue weighted by atomic mass is 32.2. The number of aromatic hydroxyl groups is 1. The Labute approximate surface area is 211 Å². The van der Waals surface area contributed by atoms with Crippen molar-refractivity contribution in [3.05, 3.63) is 34.9 Å². The number of esters is 1. The zero-order valence-electron chi connectivity index (χ0n) is 19.8. The second-order valence-corrected chi connectivity index (χ2v) is 10.7. The number of rotatable bonds is 6. The topological polar surface area (TPSA) is 184 Å². The number of nitrogens with two attached hydrogens (primary N) is 1. The van der Waals surface area contributed by atoms with E-state index in [0.717, 1.165) is 19.1 Å². The molecule has 0 radical (unpaired) electrons. The van der Waals surface area contributed by atoms with Crippen molar-refractivity contribution in [1.82, 2.24) is 0 Å². The van der Waals surface area contributed by atoms with Crippen molar-refractivity contribution >= 4 is 41.0 Å². The molecule has 36 heavy (non-hydrogen) atoms. The highest BCUT2D eigenvalue weighted by Gasteiger charge is 2.69. The fourth-order valence-electron chi connectivity index (χ4n) is 5.95. The highest BCUT2D eigenvalue weighted by molar-refractivity contribution is 7.99. The van der Waals surface area contributed by atoms with Crippen LogP contribution in [0.5, 0.6) is 5.75 Å². The molecule has 0 spiro atoms. The van der Waals surface area contributed by atoms with E-state index in [9.17, 15) is 39.6 Å². The van der Waals surface area contributed by atoms with Gasteiger partial charge in [-0.3, -0.25) is 19.2 Å². The summed E-state index contributed by atoms with van der Waals surface area (Å²) in [6.45, 7) is 3.14. The monoisotopic (exact) mass is 519 g/mol.